The van der Waals surface area contributed by atoms with E-state index in [-0.39, 0.29) is 18.4 Å². The van der Waals surface area contributed by atoms with Crippen molar-refractivity contribution in [3.63, 3.8) is 0 Å². The van der Waals surface area contributed by atoms with E-state index in [0.29, 0.717) is 26.2 Å². The minimum atomic E-state index is -0.531. The van der Waals surface area contributed by atoms with Gasteiger partial charge in [-0.25, -0.2) is 10.2 Å². The molecule has 13 heteroatoms. The Morgan fingerprint density at radius 3 is 2.33 bits per heavy atom. The number of hydrogen-bond donors (Lipinski definition) is 6. The second kappa shape index (κ2) is 19.2. The number of nitrogens with zero attached hydrogens (tertiary/aromatic N) is 3. The molecule has 0 spiro atoms. The number of nitrogens with two attached hydrogens (primary N) is 4. The molecule has 0 aliphatic carbocycles. The van der Waals surface area contributed by atoms with Gasteiger partial charge in [-0.1, -0.05) is 0 Å². The van der Waals surface area contributed by atoms with E-state index in [0.717, 1.165) is 51.1 Å². The summed E-state index contributed by atoms with van der Waals surface area (Å²) in [6.07, 6.45) is 3.34. The third-order valence-corrected chi connectivity index (χ3v) is 4.98. The zero-order valence-electron chi connectivity index (χ0n) is 18.0. The van der Waals surface area contributed by atoms with Gasteiger partial charge in [-0.3, -0.25) is 9.79 Å². The topological polar surface area (TPSA) is 190 Å². The molecule has 0 saturated heterocycles. The van der Waals surface area contributed by atoms with Crippen LogP contribution in [-0.4, -0.2) is 92.5 Å². The molecule has 0 rings (SSSR count). The molecule has 0 atom stereocenters. The van der Waals surface area contributed by atoms with Gasteiger partial charge in [0.25, 0.3) is 0 Å². The number of ether oxygens (including phenoxy) is 1. The van der Waals surface area contributed by atoms with Crippen LogP contribution < -0.4 is 33.7 Å². The molecule has 0 radical (unpaired) electrons. The Labute approximate surface area is 183 Å². The highest BCUT2D eigenvalue weighted by Crippen LogP contribution is 2.09. The molecule has 176 valence electrons. The highest BCUT2D eigenvalue weighted by Gasteiger charge is 2.10. The predicted molar refractivity (Wildman–Crippen MR) is 121 cm³/mol. The van der Waals surface area contributed by atoms with Crippen LogP contribution in [0.3, 0.4) is 0 Å². The summed E-state index contributed by atoms with van der Waals surface area (Å²) < 4.78 is 6.52. The number of methoxy groups -OCH3 is 1. The van der Waals surface area contributed by atoms with Crippen LogP contribution in [0.15, 0.2) is 4.99 Å². The van der Waals surface area contributed by atoms with Gasteiger partial charge in [0.05, 0.1) is 13.2 Å². The van der Waals surface area contributed by atoms with Crippen molar-refractivity contribution >= 4 is 29.8 Å². The number of rotatable bonds is 19. The summed E-state index contributed by atoms with van der Waals surface area (Å²) >= 11 is 1.34. The van der Waals surface area contributed by atoms with Gasteiger partial charge in [0.2, 0.25) is 5.91 Å². The van der Waals surface area contributed by atoms with Crippen molar-refractivity contribution < 1.29 is 14.3 Å². The lowest BCUT2D eigenvalue weighted by Crippen LogP contribution is -2.42. The third kappa shape index (κ3) is 17.1. The number of amides is 3. The van der Waals surface area contributed by atoms with E-state index in [2.05, 4.69) is 20.6 Å². The van der Waals surface area contributed by atoms with Crippen molar-refractivity contribution in [2.75, 3.05) is 65.3 Å². The highest BCUT2D eigenvalue weighted by molar-refractivity contribution is 7.97. The number of nitrogens with one attached hydrogen (secondary N) is 2. The lowest BCUT2D eigenvalue weighted by molar-refractivity contribution is -0.119. The molecule has 0 aromatic heterocycles. The average Bonchev–Trinajstić information content (AvgIpc) is 2.71. The molecule has 0 heterocycles. The van der Waals surface area contributed by atoms with Gasteiger partial charge in [-0.05, 0) is 50.7 Å². The molecular weight excluding hydrogens is 410 g/mol. The Hall–Kier alpha value is -1.80. The largest absolute Gasteiger partial charge is 0.383 e. The monoisotopic (exact) mass is 449 g/mol. The van der Waals surface area contributed by atoms with Crippen molar-refractivity contribution in [3.8, 4) is 0 Å². The quantitative estimate of drug-likeness (QED) is 0.0442. The van der Waals surface area contributed by atoms with Gasteiger partial charge in [0.15, 0.2) is 5.96 Å². The zero-order valence-corrected chi connectivity index (χ0v) is 18.8. The van der Waals surface area contributed by atoms with Gasteiger partial charge in [-0.15, -0.1) is 0 Å². The molecule has 0 fully saturated rings. The van der Waals surface area contributed by atoms with Crippen LogP contribution >= 0.6 is 11.9 Å². The molecular formula is C17H39N9O3S. The molecule has 30 heavy (non-hydrogen) atoms. The van der Waals surface area contributed by atoms with Crippen molar-refractivity contribution in [1.29, 1.82) is 0 Å². The molecule has 10 N–H and O–H groups in total. The first-order valence-electron chi connectivity index (χ1n) is 10.1. The van der Waals surface area contributed by atoms with Gasteiger partial charge < -0.3 is 37.9 Å². The standard InChI is InChI=1S/C17H39N9O3S/c1-29-12-11-25(9-4-7-22-15(27)14-18)10-5-8-24-26(17(21)28)30-13-3-2-6-23-16(19)20/h24H,2-14,18H2,1H3,(H2,21,28)(H,22,27)(H4,19,20,23). The smallest absolute Gasteiger partial charge is 0.339 e. The van der Waals surface area contributed by atoms with E-state index in [9.17, 15) is 9.59 Å². The molecule has 0 aromatic rings. The number of hydrogen-bond acceptors (Lipinski definition) is 8. The van der Waals surface area contributed by atoms with E-state index in [1.165, 1.54) is 16.4 Å². The van der Waals surface area contributed by atoms with Gasteiger partial charge >= 0.3 is 6.03 Å². The van der Waals surface area contributed by atoms with Crippen LogP contribution in [0.1, 0.15) is 25.7 Å². The highest BCUT2D eigenvalue weighted by atomic mass is 32.2. The van der Waals surface area contributed by atoms with Crippen molar-refractivity contribution in [3.05, 3.63) is 0 Å². The number of unbranched alkanes of at least 4 members (excludes halogenated alkanes) is 1. The molecule has 0 aliphatic heterocycles. The third-order valence-electron chi connectivity index (χ3n) is 3.94. The number of urea groups is 1. The van der Waals surface area contributed by atoms with Crippen LogP contribution in [0, 0.1) is 0 Å². The van der Waals surface area contributed by atoms with Crippen LogP contribution in [0.4, 0.5) is 4.79 Å². The molecule has 0 saturated carbocycles. The lowest BCUT2D eigenvalue weighted by Gasteiger charge is -2.24. The first kappa shape index (κ1) is 28.2. The number of guanidine groups is 1. The fourth-order valence-corrected chi connectivity index (χ4v) is 3.23. The van der Waals surface area contributed by atoms with Crippen molar-refractivity contribution in [1.82, 2.24) is 20.1 Å². The second-order valence-corrected chi connectivity index (χ2v) is 7.51. The zero-order chi connectivity index (χ0) is 22.6. The molecule has 0 bridgehead atoms. The summed E-state index contributed by atoms with van der Waals surface area (Å²) in [6, 6.07) is -0.531. The number of aliphatic imine (C=N–C) groups is 1. The molecule has 0 unspecified atom stereocenters. The van der Waals surface area contributed by atoms with E-state index < -0.39 is 6.03 Å². The Bertz CT molecular complexity index is 493. The summed E-state index contributed by atoms with van der Waals surface area (Å²) in [6.45, 7) is 4.86. The van der Waals surface area contributed by atoms with Crippen LogP contribution in [0.25, 0.3) is 0 Å². The fraction of sp³-hybridized carbons (Fsp3) is 0.824. The number of carbonyl (C=O) groups is 2. The normalized spacial score (nSPS) is 10.8. The van der Waals surface area contributed by atoms with Crippen LogP contribution in [0.5, 0.6) is 0 Å². The summed E-state index contributed by atoms with van der Waals surface area (Å²) in [7, 11) is 1.67. The maximum atomic E-state index is 11.6. The number of hydrazine groups is 1. The average molecular weight is 450 g/mol. The first-order chi connectivity index (χ1) is 14.4. The fourth-order valence-electron chi connectivity index (χ4n) is 2.41. The first-order valence-corrected chi connectivity index (χ1v) is 11.0. The summed E-state index contributed by atoms with van der Waals surface area (Å²) in [5.74, 6) is 0.663. The van der Waals surface area contributed by atoms with Crippen molar-refractivity contribution in [2.45, 2.75) is 25.7 Å². The molecule has 0 aliphatic rings. The summed E-state index contributed by atoms with van der Waals surface area (Å²) in [4.78, 5) is 28.9. The number of carbonyl (C=O) groups excluding carboxylic acids is 2. The van der Waals surface area contributed by atoms with Gasteiger partial charge in [0.1, 0.15) is 0 Å². The molecule has 0 aromatic carbocycles. The van der Waals surface area contributed by atoms with E-state index in [4.69, 9.17) is 27.7 Å². The maximum absolute atomic E-state index is 11.6. The Morgan fingerprint density at radius 2 is 1.73 bits per heavy atom. The molecule has 12 nitrogen and oxygen atoms in total. The summed E-state index contributed by atoms with van der Waals surface area (Å²) in [5, 5.41) is 2.76. The minimum absolute atomic E-state index is 0.00367. The Morgan fingerprint density at radius 1 is 1.03 bits per heavy atom. The van der Waals surface area contributed by atoms with E-state index in [1.807, 2.05) is 0 Å². The minimum Gasteiger partial charge on any atom is -0.383 e. The van der Waals surface area contributed by atoms with Crippen LogP contribution in [0.2, 0.25) is 0 Å². The van der Waals surface area contributed by atoms with Crippen LogP contribution in [-0.2, 0) is 9.53 Å². The Kier molecular flexibility index (Phi) is 18.0. The maximum Gasteiger partial charge on any atom is 0.339 e. The SMILES string of the molecule is COCCN(CCCNC(=O)CN)CCCNN(SCCCCN=C(N)N)C(N)=O. The van der Waals surface area contributed by atoms with Gasteiger partial charge in [0, 0.05) is 39.0 Å². The predicted octanol–water partition coefficient (Wildman–Crippen LogP) is -1.62. The number of primary amides is 1. The van der Waals surface area contributed by atoms with E-state index >= 15 is 0 Å². The lowest BCUT2D eigenvalue weighted by atomic mass is 10.3. The van der Waals surface area contributed by atoms with Crippen molar-refractivity contribution in [2.24, 2.45) is 27.9 Å². The second-order valence-electron chi connectivity index (χ2n) is 6.48. The van der Waals surface area contributed by atoms with Gasteiger partial charge in [-0.2, -0.15) is 4.41 Å². The van der Waals surface area contributed by atoms with E-state index in [1.54, 1.807) is 7.11 Å². The Balaban J connectivity index is 4.08. The summed E-state index contributed by atoms with van der Waals surface area (Å²) in [5.41, 5.74) is 24.3. The molecule has 3 amide bonds.